The van der Waals surface area contributed by atoms with E-state index in [-0.39, 0.29) is 11.5 Å². The molecule has 0 bridgehead atoms. The average molecular weight is 495 g/mol. The molecule has 2 saturated heterocycles. The first-order valence-electron chi connectivity index (χ1n) is 12.0. The molecule has 10 heteroatoms. The van der Waals surface area contributed by atoms with Crippen molar-refractivity contribution in [2.75, 3.05) is 24.6 Å². The van der Waals surface area contributed by atoms with E-state index in [0.717, 1.165) is 50.3 Å². The molecule has 6 nitrogen and oxygen atoms in total. The van der Waals surface area contributed by atoms with Crippen molar-refractivity contribution in [1.29, 1.82) is 0 Å². The predicted molar refractivity (Wildman–Crippen MR) is 121 cm³/mol. The van der Waals surface area contributed by atoms with Gasteiger partial charge in [-0.2, -0.15) is 18.3 Å². The third-order valence-electron chi connectivity index (χ3n) is 8.41. The van der Waals surface area contributed by atoms with Crippen LogP contribution in [0.3, 0.4) is 0 Å². The van der Waals surface area contributed by atoms with Crippen LogP contribution in [0.15, 0.2) is 24.5 Å². The SMILES string of the molecule is CC(C)n1nc(-c2cncc(C(F)(F)F)c2)cc1[C@H]1[C@@H]2CC(N3CCC4(C3)CS(=O)(=O)C4)C[C@@H]21. The number of hydrogen-bond acceptors (Lipinski definition) is 5. The molecule has 0 aromatic carbocycles. The molecule has 2 aromatic rings. The Morgan fingerprint density at radius 2 is 1.82 bits per heavy atom. The smallest absolute Gasteiger partial charge is 0.300 e. The van der Waals surface area contributed by atoms with Gasteiger partial charge in [-0.25, -0.2) is 8.42 Å². The summed E-state index contributed by atoms with van der Waals surface area (Å²) in [5.74, 6) is 2.21. The Labute approximate surface area is 197 Å². The van der Waals surface area contributed by atoms with E-state index in [1.165, 1.54) is 6.20 Å². The third kappa shape index (κ3) is 3.68. The van der Waals surface area contributed by atoms with Crippen molar-refractivity contribution >= 4 is 9.84 Å². The first-order chi connectivity index (χ1) is 15.9. The summed E-state index contributed by atoms with van der Waals surface area (Å²) in [5.41, 5.74) is 1.27. The van der Waals surface area contributed by atoms with Gasteiger partial charge in [0.05, 0.1) is 22.8 Å². The summed E-state index contributed by atoms with van der Waals surface area (Å²) < 4.78 is 64.9. The van der Waals surface area contributed by atoms with Crippen molar-refractivity contribution < 1.29 is 21.6 Å². The van der Waals surface area contributed by atoms with Crippen LogP contribution in [0.1, 0.15) is 56.3 Å². The van der Waals surface area contributed by atoms with Gasteiger partial charge in [-0.1, -0.05) is 0 Å². The minimum Gasteiger partial charge on any atom is -0.300 e. The van der Waals surface area contributed by atoms with E-state index in [1.54, 1.807) is 0 Å². The number of hydrogen-bond donors (Lipinski definition) is 0. The Bertz CT molecular complexity index is 1220. The molecular formula is C24H29F3N4O2S. The molecule has 34 heavy (non-hydrogen) atoms. The molecule has 1 spiro atoms. The van der Waals surface area contributed by atoms with Gasteiger partial charge in [-0.15, -0.1) is 0 Å². The number of alkyl halides is 3. The van der Waals surface area contributed by atoms with Crippen LogP contribution in [-0.2, 0) is 16.0 Å². The highest BCUT2D eigenvalue weighted by Gasteiger charge is 2.60. The summed E-state index contributed by atoms with van der Waals surface area (Å²) in [6.07, 6.45) is 1.03. The average Bonchev–Trinajstić information content (AvgIpc) is 3.18. The molecule has 1 unspecified atom stereocenters. The molecule has 2 aliphatic heterocycles. The molecule has 0 N–H and O–H groups in total. The number of rotatable bonds is 4. The van der Waals surface area contributed by atoms with Crippen LogP contribution in [0.5, 0.6) is 0 Å². The van der Waals surface area contributed by atoms with Gasteiger partial charge >= 0.3 is 6.18 Å². The predicted octanol–water partition coefficient (Wildman–Crippen LogP) is 4.16. The first kappa shape index (κ1) is 22.5. The quantitative estimate of drug-likeness (QED) is 0.639. The van der Waals surface area contributed by atoms with Gasteiger partial charge in [-0.05, 0) is 63.6 Å². The van der Waals surface area contributed by atoms with Crippen molar-refractivity contribution in [3.8, 4) is 11.3 Å². The molecule has 4 aliphatic rings. The first-order valence-corrected chi connectivity index (χ1v) is 13.8. The van der Waals surface area contributed by atoms with Gasteiger partial charge in [0.25, 0.3) is 0 Å². The molecule has 0 radical (unpaired) electrons. The maximum Gasteiger partial charge on any atom is 0.417 e. The number of nitrogens with zero attached hydrogens (tertiary/aromatic N) is 4. The summed E-state index contributed by atoms with van der Waals surface area (Å²) in [6.45, 7) is 5.97. The van der Waals surface area contributed by atoms with Gasteiger partial charge in [0, 0.05) is 53.6 Å². The fourth-order valence-corrected chi connectivity index (χ4v) is 9.16. The fourth-order valence-electron chi connectivity index (χ4n) is 6.90. The molecule has 2 aliphatic carbocycles. The Balaban J connectivity index is 1.17. The van der Waals surface area contributed by atoms with Crippen molar-refractivity contribution in [1.82, 2.24) is 19.7 Å². The highest BCUT2D eigenvalue weighted by atomic mass is 32.2. The largest absolute Gasteiger partial charge is 0.417 e. The standard InChI is InChI=1S/C24H29F3N4O2S/c1-14(2)31-21(8-20(29-31)15-5-16(10-28-9-15)24(25,26)27)22-18-6-17(7-19(18)22)30-4-3-23(11-30)12-34(32,33)13-23/h5,8-10,14,17-19,22H,3-4,6-7,11-13H2,1-2H3/t17?,18-,19+,22+. The molecule has 4 heterocycles. The molecule has 6 rings (SSSR count). The number of sulfone groups is 1. The van der Waals surface area contributed by atoms with Crippen molar-refractivity contribution in [2.24, 2.45) is 17.3 Å². The Kier molecular flexibility index (Phi) is 4.83. The number of pyridine rings is 1. The molecule has 2 saturated carbocycles. The summed E-state index contributed by atoms with van der Waals surface area (Å²) in [5, 5.41) is 4.68. The lowest BCUT2D eigenvalue weighted by Gasteiger charge is -2.38. The highest BCUT2D eigenvalue weighted by molar-refractivity contribution is 7.92. The van der Waals surface area contributed by atoms with Gasteiger partial charge in [-0.3, -0.25) is 14.6 Å². The summed E-state index contributed by atoms with van der Waals surface area (Å²) in [4.78, 5) is 6.31. The maximum atomic E-state index is 13.2. The van der Waals surface area contributed by atoms with Gasteiger partial charge < -0.3 is 0 Å². The van der Waals surface area contributed by atoms with E-state index >= 15 is 0 Å². The lowest BCUT2D eigenvalue weighted by Crippen LogP contribution is -2.50. The minimum absolute atomic E-state index is 0.00480. The van der Waals surface area contributed by atoms with E-state index in [1.807, 2.05) is 24.6 Å². The van der Waals surface area contributed by atoms with Crippen LogP contribution in [0.2, 0.25) is 0 Å². The van der Waals surface area contributed by atoms with Crippen LogP contribution in [0.25, 0.3) is 11.3 Å². The third-order valence-corrected chi connectivity index (χ3v) is 10.5. The van der Waals surface area contributed by atoms with E-state index in [9.17, 15) is 21.6 Å². The zero-order valence-electron chi connectivity index (χ0n) is 19.3. The van der Waals surface area contributed by atoms with Crippen LogP contribution >= 0.6 is 0 Å². The van der Waals surface area contributed by atoms with Gasteiger partial charge in [0.1, 0.15) is 0 Å². The lowest BCUT2D eigenvalue weighted by atomic mass is 9.91. The Morgan fingerprint density at radius 1 is 1.12 bits per heavy atom. The van der Waals surface area contributed by atoms with Crippen molar-refractivity contribution in [3.05, 3.63) is 35.8 Å². The number of fused-ring (bicyclic) bond motifs is 1. The lowest BCUT2D eigenvalue weighted by molar-refractivity contribution is -0.137. The van der Waals surface area contributed by atoms with Crippen LogP contribution in [-0.4, -0.2) is 58.7 Å². The van der Waals surface area contributed by atoms with E-state index in [2.05, 4.69) is 15.0 Å². The van der Waals surface area contributed by atoms with E-state index < -0.39 is 21.6 Å². The summed E-state index contributed by atoms with van der Waals surface area (Å²) >= 11 is 0. The molecular weight excluding hydrogens is 465 g/mol. The fraction of sp³-hybridized carbons (Fsp3) is 0.667. The van der Waals surface area contributed by atoms with E-state index in [0.29, 0.717) is 46.6 Å². The maximum absolute atomic E-state index is 13.2. The Hall–Kier alpha value is -1.94. The van der Waals surface area contributed by atoms with Crippen LogP contribution in [0, 0.1) is 17.3 Å². The zero-order chi connectivity index (χ0) is 24.0. The Morgan fingerprint density at radius 3 is 2.44 bits per heavy atom. The van der Waals surface area contributed by atoms with Crippen LogP contribution < -0.4 is 0 Å². The number of halogens is 3. The molecule has 4 atom stereocenters. The molecule has 2 aromatic heterocycles. The van der Waals surface area contributed by atoms with Crippen LogP contribution in [0.4, 0.5) is 13.2 Å². The molecule has 0 amide bonds. The second-order valence-corrected chi connectivity index (χ2v) is 13.2. The topological polar surface area (TPSA) is 68.1 Å². The number of likely N-dealkylation sites (tertiary alicyclic amines) is 1. The minimum atomic E-state index is -4.44. The van der Waals surface area contributed by atoms with E-state index in [4.69, 9.17) is 0 Å². The highest BCUT2D eigenvalue weighted by Crippen LogP contribution is 2.64. The molecule has 184 valence electrons. The monoisotopic (exact) mass is 494 g/mol. The van der Waals surface area contributed by atoms with Gasteiger partial charge in [0.2, 0.25) is 0 Å². The van der Waals surface area contributed by atoms with Crippen molar-refractivity contribution in [3.63, 3.8) is 0 Å². The van der Waals surface area contributed by atoms with Gasteiger partial charge in [0.15, 0.2) is 9.84 Å². The van der Waals surface area contributed by atoms with Crippen molar-refractivity contribution in [2.45, 2.75) is 57.3 Å². The second-order valence-electron chi connectivity index (χ2n) is 11.2. The zero-order valence-corrected chi connectivity index (χ0v) is 20.1. The second kappa shape index (κ2) is 7.29. The summed E-state index contributed by atoms with van der Waals surface area (Å²) in [7, 11) is -2.81. The number of aromatic nitrogens is 3. The normalized spacial score (nSPS) is 31.7. The summed E-state index contributed by atoms with van der Waals surface area (Å²) in [6, 6.07) is 3.70. The molecule has 4 fully saturated rings.